The van der Waals surface area contributed by atoms with Gasteiger partial charge in [-0.1, -0.05) is 23.7 Å². The topological polar surface area (TPSA) is 15.7 Å². The summed E-state index contributed by atoms with van der Waals surface area (Å²) in [6, 6.07) is 8.25. The summed E-state index contributed by atoms with van der Waals surface area (Å²) in [5.41, 5.74) is 1.78. The van der Waals surface area contributed by atoms with Crippen molar-refractivity contribution in [3.63, 3.8) is 0 Å². The summed E-state index contributed by atoms with van der Waals surface area (Å²) in [5, 5.41) is 0.814. The highest BCUT2D eigenvalue weighted by molar-refractivity contribution is 6.30. The molecule has 21 heavy (non-hydrogen) atoms. The number of rotatable bonds is 4. The molecule has 0 radical (unpaired) electrons. The fraction of sp³-hybridized carbons (Fsp3) is 0.647. The number of ether oxygens (including phenoxy) is 1. The number of methoxy groups -OCH3 is 1. The molecular weight excluding hydrogens is 284 g/mol. The molecule has 1 spiro atoms. The minimum Gasteiger partial charge on any atom is -0.384 e. The predicted octanol–water partition coefficient (Wildman–Crippen LogP) is 2.74. The zero-order chi connectivity index (χ0) is 14.9. The van der Waals surface area contributed by atoms with Crippen LogP contribution < -0.4 is 0 Å². The standard InChI is InChI=1S/C17H25ClN2O/c1-19-10-15(11-21-2)17(12-19)7-8-20(13-17)9-14-3-5-16(18)6-4-14/h3-6,15H,7-13H2,1-2H3/t15-,17+/m1/s1. The van der Waals surface area contributed by atoms with Crippen LogP contribution in [0.4, 0.5) is 0 Å². The summed E-state index contributed by atoms with van der Waals surface area (Å²) >= 11 is 5.96. The molecule has 2 aliphatic rings. The fourth-order valence-electron chi connectivity index (χ4n) is 4.16. The van der Waals surface area contributed by atoms with Gasteiger partial charge in [0.1, 0.15) is 0 Å². The Morgan fingerprint density at radius 1 is 1.29 bits per heavy atom. The molecule has 0 aromatic heterocycles. The summed E-state index contributed by atoms with van der Waals surface area (Å²) < 4.78 is 5.47. The summed E-state index contributed by atoms with van der Waals surface area (Å²) in [7, 11) is 4.06. The van der Waals surface area contributed by atoms with Gasteiger partial charge in [-0.05, 0) is 37.7 Å². The molecule has 0 N–H and O–H groups in total. The maximum absolute atomic E-state index is 5.96. The minimum atomic E-state index is 0.428. The van der Waals surface area contributed by atoms with Crippen LogP contribution in [0.1, 0.15) is 12.0 Å². The van der Waals surface area contributed by atoms with Crippen molar-refractivity contribution < 1.29 is 4.74 Å². The summed E-state index contributed by atoms with van der Waals surface area (Å²) in [6.07, 6.45) is 1.29. The molecule has 3 nitrogen and oxygen atoms in total. The van der Waals surface area contributed by atoms with E-state index in [0.717, 1.165) is 18.2 Å². The van der Waals surface area contributed by atoms with Crippen LogP contribution in [0.2, 0.25) is 5.02 Å². The Kier molecular flexibility index (Phi) is 4.55. The second-order valence-corrected chi connectivity index (χ2v) is 7.23. The Hall–Kier alpha value is -0.610. The van der Waals surface area contributed by atoms with Gasteiger partial charge in [0.05, 0.1) is 6.61 Å². The molecule has 2 atom stereocenters. The highest BCUT2D eigenvalue weighted by atomic mass is 35.5. The van der Waals surface area contributed by atoms with Crippen molar-refractivity contribution in [2.24, 2.45) is 11.3 Å². The van der Waals surface area contributed by atoms with E-state index >= 15 is 0 Å². The number of benzene rings is 1. The Morgan fingerprint density at radius 3 is 2.76 bits per heavy atom. The average molecular weight is 309 g/mol. The molecule has 4 heteroatoms. The van der Waals surface area contributed by atoms with Gasteiger partial charge in [0.25, 0.3) is 0 Å². The second kappa shape index (κ2) is 6.25. The Morgan fingerprint density at radius 2 is 2.05 bits per heavy atom. The monoisotopic (exact) mass is 308 g/mol. The molecule has 0 bridgehead atoms. The lowest BCUT2D eigenvalue weighted by atomic mass is 9.78. The van der Waals surface area contributed by atoms with E-state index in [1.807, 2.05) is 19.2 Å². The maximum Gasteiger partial charge on any atom is 0.0509 e. The van der Waals surface area contributed by atoms with Crippen LogP contribution in [0.25, 0.3) is 0 Å². The van der Waals surface area contributed by atoms with E-state index < -0.39 is 0 Å². The number of likely N-dealkylation sites (tertiary alicyclic amines) is 2. The zero-order valence-electron chi connectivity index (χ0n) is 13.0. The average Bonchev–Trinajstić information content (AvgIpc) is 2.98. The lowest BCUT2D eigenvalue weighted by Crippen LogP contribution is -2.36. The van der Waals surface area contributed by atoms with Gasteiger partial charge in [0.15, 0.2) is 0 Å². The summed E-state index contributed by atoms with van der Waals surface area (Å²) in [4.78, 5) is 5.06. The SMILES string of the molecule is COC[C@H]1CN(C)C[C@]12CCN(Cc1ccc(Cl)cc1)C2. The first-order valence-corrected chi connectivity index (χ1v) is 8.13. The smallest absolute Gasteiger partial charge is 0.0509 e. The molecule has 1 aromatic rings. The van der Waals surface area contributed by atoms with Crippen LogP contribution in [0.3, 0.4) is 0 Å². The molecular formula is C17H25ClN2O. The van der Waals surface area contributed by atoms with E-state index in [2.05, 4.69) is 29.0 Å². The third kappa shape index (κ3) is 3.26. The normalized spacial score (nSPS) is 30.5. The number of halogens is 1. The quantitative estimate of drug-likeness (QED) is 0.850. The lowest BCUT2D eigenvalue weighted by molar-refractivity contribution is 0.0959. The molecule has 0 amide bonds. The Labute approximate surface area is 132 Å². The van der Waals surface area contributed by atoms with Crippen molar-refractivity contribution in [1.82, 2.24) is 9.80 Å². The van der Waals surface area contributed by atoms with E-state index in [0.29, 0.717) is 11.3 Å². The van der Waals surface area contributed by atoms with Crippen LogP contribution in [0, 0.1) is 11.3 Å². The van der Waals surface area contributed by atoms with Crippen LogP contribution in [0.5, 0.6) is 0 Å². The number of hydrogen-bond acceptors (Lipinski definition) is 3. The van der Waals surface area contributed by atoms with Crippen molar-refractivity contribution in [3.05, 3.63) is 34.9 Å². The third-order valence-corrected chi connectivity index (χ3v) is 5.39. The molecule has 2 saturated heterocycles. The number of nitrogens with zero attached hydrogens (tertiary/aromatic N) is 2. The summed E-state index contributed by atoms with van der Waals surface area (Å²) in [6.45, 7) is 6.67. The molecule has 0 aliphatic carbocycles. The highest BCUT2D eigenvalue weighted by Crippen LogP contribution is 2.43. The molecule has 2 aliphatic heterocycles. The van der Waals surface area contributed by atoms with Gasteiger partial charge in [-0.25, -0.2) is 0 Å². The van der Waals surface area contributed by atoms with E-state index in [-0.39, 0.29) is 0 Å². The molecule has 1 aromatic carbocycles. The minimum absolute atomic E-state index is 0.428. The Bertz CT molecular complexity index is 478. The van der Waals surface area contributed by atoms with Gasteiger partial charge in [0, 0.05) is 49.6 Å². The summed E-state index contributed by atoms with van der Waals surface area (Å²) in [5.74, 6) is 0.669. The fourth-order valence-corrected chi connectivity index (χ4v) is 4.29. The van der Waals surface area contributed by atoms with Gasteiger partial charge in [-0.2, -0.15) is 0 Å². The van der Waals surface area contributed by atoms with E-state index in [1.165, 1.54) is 38.2 Å². The maximum atomic E-state index is 5.96. The molecule has 0 saturated carbocycles. The first-order valence-electron chi connectivity index (χ1n) is 7.76. The van der Waals surface area contributed by atoms with E-state index in [1.54, 1.807) is 0 Å². The van der Waals surface area contributed by atoms with Gasteiger partial charge in [0.2, 0.25) is 0 Å². The van der Waals surface area contributed by atoms with E-state index in [9.17, 15) is 0 Å². The van der Waals surface area contributed by atoms with Gasteiger partial charge >= 0.3 is 0 Å². The molecule has 0 unspecified atom stereocenters. The Balaban J connectivity index is 1.65. The zero-order valence-corrected chi connectivity index (χ0v) is 13.8. The van der Waals surface area contributed by atoms with Crippen LogP contribution in [-0.4, -0.2) is 56.7 Å². The largest absolute Gasteiger partial charge is 0.384 e. The van der Waals surface area contributed by atoms with Crippen LogP contribution >= 0.6 is 11.6 Å². The van der Waals surface area contributed by atoms with Crippen molar-refractivity contribution in [2.45, 2.75) is 13.0 Å². The molecule has 3 rings (SSSR count). The predicted molar refractivity (Wildman–Crippen MR) is 86.6 cm³/mol. The first-order chi connectivity index (χ1) is 10.1. The van der Waals surface area contributed by atoms with Crippen molar-refractivity contribution in [1.29, 1.82) is 0 Å². The van der Waals surface area contributed by atoms with Crippen molar-refractivity contribution >= 4 is 11.6 Å². The lowest BCUT2D eigenvalue weighted by Gasteiger charge is -2.30. The number of hydrogen-bond donors (Lipinski definition) is 0. The van der Waals surface area contributed by atoms with Crippen molar-refractivity contribution in [2.75, 3.05) is 46.9 Å². The molecule has 116 valence electrons. The second-order valence-electron chi connectivity index (χ2n) is 6.80. The molecule has 2 heterocycles. The van der Waals surface area contributed by atoms with E-state index in [4.69, 9.17) is 16.3 Å². The highest BCUT2D eigenvalue weighted by Gasteiger charge is 2.49. The molecule has 2 fully saturated rings. The van der Waals surface area contributed by atoms with Gasteiger partial charge in [-0.15, -0.1) is 0 Å². The van der Waals surface area contributed by atoms with Gasteiger partial charge in [-0.3, -0.25) is 4.90 Å². The third-order valence-electron chi connectivity index (χ3n) is 5.13. The first kappa shape index (κ1) is 15.3. The van der Waals surface area contributed by atoms with Crippen molar-refractivity contribution in [3.8, 4) is 0 Å². The van der Waals surface area contributed by atoms with Crippen LogP contribution in [0.15, 0.2) is 24.3 Å². The van der Waals surface area contributed by atoms with Crippen LogP contribution in [-0.2, 0) is 11.3 Å². The van der Waals surface area contributed by atoms with Gasteiger partial charge < -0.3 is 9.64 Å².